The molecule has 100 valence electrons. The molecule has 0 atom stereocenters. The molecule has 0 aliphatic carbocycles. The molecule has 0 N–H and O–H groups in total. The second kappa shape index (κ2) is 6.20. The molecule has 0 aromatic carbocycles. The number of nitrogens with zero attached hydrogens (tertiary/aromatic N) is 2. The van der Waals surface area contributed by atoms with Crippen molar-refractivity contribution in [3.63, 3.8) is 0 Å². The number of piperidine rings is 1. The van der Waals surface area contributed by atoms with Crippen molar-refractivity contribution in [2.75, 3.05) is 25.6 Å². The van der Waals surface area contributed by atoms with E-state index in [1.54, 1.807) is 17.9 Å². The summed E-state index contributed by atoms with van der Waals surface area (Å²) in [6.45, 7) is 3.73. The first-order valence-electron chi connectivity index (χ1n) is 6.11. The smallest absolute Gasteiger partial charge is 0.276 e. The molecule has 1 aromatic heterocycles. The number of carbonyl (C=O) groups excluding carboxylic acids is 1. The van der Waals surface area contributed by atoms with Gasteiger partial charge in [-0.05, 0) is 19.8 Å². The van der Waals surface area contributed by atoms with Crippen LogP contribution in [0, 0.1) is 6.92 Å². The van der Waals surface area contributed by atoms with Gasteiger partial charge >= 0.3 is 0 Å². The number of alkyl halides is 1. The first kappa shape index (κ1) is 13.4. The van der Waals surface area contributed by atoms with Crippen molar-refractivity contribution in [3.8, 4) is 0 Å². The van der Waals surface area contributed by atoms with E-state index < -0.39 is 0 Å². The number of carbonyl (C=O) groups is 1. The quantitative estimate of drug-likeness (QED) is 0.785. The maximum atomic E-state index is 12.1. The summed E-state index contributed by atoms with van der Waals surface area (Å²) >= 11 is 5.57. The van der Waals surface area contributed by atoms with Crippen molar-refractivity contribution in [3.05, 3.63) is 17.5 Å². The van der Waals surface area contributed by atoms with Gasteiger partial charge in [-0.15, -0.1) is 11.6 Å². The van der Waals surface area contributed by atoms with Crippen LogP contribution in [-0.2, 0) is 4.74 Å². The first-order valence-corrected chi connectivity index (χ1v) is 6.64. The standard InChI is InChI=1S/C12H17ClN2O3/c1-9-8-11(14-18-9)12(16)15-5-2-10(3-6-15)17-7-4-13/h8,10H,2-7H2,1H3. The van der Waals surface area contributed by atoms with Gasteiger partial charge in [-0.1, -0.05) is 5.16 Å². The predicted molar refractivity (Wildman–Crippen MR) is 66.8 cm³/mol. The van der Waals surface area contributed by atoms with Gasteiger partial charge < -0.3 is 14.2 Å². The summed E-state index contributed by atoms with van der Waals surface area (Å²) in [5.41, 5.74) is 0.382. The molecular formula is C12H17ClN2O3. The van der Waals surface area contributed by atoms with E-state index in [0.717, 1.165) is 12.8 Å². The van der Waals surface area contributed by atoms with Gasteiger partial charge in [0.15, 0.2) is 5.69 Å². The average Bonchev–Trinajstić information content (AvgIpc) is 2.83. The van der Waals surface area contributed by atoms with Gasteiger partial charge in [0.1, 0.15) is 5.76 Å². The monoisotopic (exact) mass is 272 g/mol. The van der Waals surface area contributed by atoms with Crippen molar-refractivity contribution in [2.24, 2.45) is 0 Å². The summed E-state index contributed by atoms with van der Waals surface area (Å²) in [6, 6.07) is 1.67. The number of hydrogen-bond acceptors (Lipinski definition) is 4. The maximum absolute atomic E-state index is 12.1. The lowest BCUT2D eigenvalue weighted by Crippen LogP contribution is -2.41. The second-order valence-corrected chi connectivity index (χ2v) is 4.75. The van der Waals surface area contributed by atoms with Crippen molar-refractivity contribution in [1.29, 1.82) is 0 Å². The van der Waals surface area contributed by atoms with Crippen LogP contribution in [0.15, 0.2) is 10.6 Å². The minimum Gasteiger partial charge on any atom is -0.377 e. The molecule has 2 rings (SSSR count). The number of halogens is 1. The summed E-state index contributed by atoms with van der Waals surface area (Å²) in [7, 11) is 0. The van der Waals surface area contributed by atoms with Crippen LogP contribution in [0.2, 0.25) is 0 Å². The van der Waals surface area contributed by atoms with Crippen LogP contribution in [0.3, 0.4) is 0 Å². The summed E-state index contributed by atoms with van der Waals surface area (Å²) in [5.74, 6) is 1.10. The molecule has 1 fully saturated rings. The number of likely N-dealkylation sites (tertiary alicyclic amines) is 1. The summed E-state index contributed by atoms with van der Waals surface area (Å²) < 4.78 is 10.5. The Kier molecular flexibility index (Phi) is 4.60. The third kappa shape index (κ3) is 3.23. The largest absolute Gasteiger partial charge is 0.377 e. The van der Waals surface area contributed by atoms with Crippen LogP contribution >= 0.6 is 11.6 Å². The Bertz CT molecular complexity index is 400. The minimum atomic E-state index is -0.0670. The molecule has 0 unspecified atom stereocenters. The number of ether oxygens (including phenoxy) is 1. The maximum Gasteiger partial charge on any atom is 0.276 e. The van der Waals surface area contributed by atoms with E-state index in [0.29, 0.717) is 37.0 Å². The fraction of sp³-hybridized carbons (Fsp3) is 0.667. The van der Waals surface area contributed by atoms with Gasteiger partial charge in [0.2, 0.25) is 0 Å². The normalized spacial score (nSPS) is 17.1. The predicted octanol–water partition coefficient (Wildman–Crippen LogP) is 1.84. The number of hydrogen-bond donors (Lipinski definition) is 0. The third-order valence-electron chi connectivity index (χ3n) is 3.01. The minimum absolute atomic E-state index is 0.0670. The molecule has 2 heterocycles. The number of rotatable bonds is 4. The van der Waals surface area contributed by atoms with Gasteiger partial charge in [-0.25, -0.2) is 0 Å². The molecule has 0 saturated carbocycles. The van der Waals surface area contributed by atoms with Crippen LogP contribution in [0.4, 0.5) is 0 Å². The van der Waals surface area contributed by atoms with Gasteiger partial charge in [0.05, 0.1) is 12.7 Å². The average molecular weight is 273 g/mol. The molecule has 0 bridgehead atoms. The molecule has 0 radical (unpaired) electrons. The zero-order valence-corrected chi connectivity index (χ0v) is 11.2. The van der Waals surface area contributed by atoms with Gasteiger partial charge in [0.25, 0.3) is 5.91 Å². The summed E-state index contributed by atoms with van der Waals surface area (Å²) in [6.07, 6.45) is 1.91. The molecule has 6 heteroatoms. The lowest BCUT2D eigenvalue weighted by molar-refractivity contribution is 0.0151. The van der Waals surface area contributed by atoms with Crippen LogP contribution in [-0.4, -0.2) is 47.6 Å². The summed E-state index contributed by atoms with van der Waals surface area (Å²) in [4.78, 5) is 13.9. The Labute approximate surface area is 111 Å². The number of aryl methyl sites for hydroxylation is 1. The Balaban J connectivity index is 1.84. The van der Waals surface area contributed by atoms with Crippen LogP contribution in [0.25, 0.3) is 0 Å². The van der Waals surface area contributed by atoms with Crippen LogP contribution in [0.1, 0.15) is 29.1 Å². The molecular weight excluding hydrogens is 256 g/mol. The highest BCUT2D eigenvalue weighted by atomic mass is 35.5. The molecule has 1 aromatic rings. The second-order valence-electron chi connectivity index (χ2n) is 4.37. The fourth-order valence-corrected chi connectivity index (χ4v) is 2.16. The van der Waals surface area contributed by atoms with Gasteiger partial charge in [-0.3, -0.25) is 4.79 Å². The van der Waals surface area contributed by atoms with E-state index in [9.17, 15) is 4.79 Å². The SMILES string of the molecule is Cc1cc(C(=O)N2CCC(OCCCl)CC2)no1. The first-order chi connectivity index (χ1) is 8.70. The molecule has 18 heavy (non-hydrogen) atoms. The number of aromatic nitrogens is 1. The molecule has 0 spiro atoms. The van der Waals surface area contributed by atoms with Crippen LogP contribution < -0.4 is 0 Å². The molecule has 1 aliphatic rings. The highest BCUT2D eigenvalue weighted by Crippen LogP contribution is 2.16. The lowest BCUT2D eigenvalue weighted by Gasteiger charge is -2.31. The number of amides is 1. The van der Waals surface area contributed by atoms with E-state index >= 15 is 0 Å². The summed E-state index contributed by atoms with van der Waals surface area (Å²) in [5, 5.41) is 3.74. The fourth-order valence-electron chi connectivity index (χ4n) is 2.07. The zero-order valence-electron chi connectivity index (χ0n) is 10.4. The van der Waals surface area contributed by atoms with E-state index in [1.165, 1.54) is 0 Å². The Hall–Kier alpha value is -1.07. The van der Waals surface area contributed by atoms with E-state index in [4.69, 9.17) is 20.9 Å². The van der Waals surface area contributed by atoms with Gasteiger partial charge in [-0.2, -0.15) is 0 Å². The molecule has 1 aliphatic heterocycles. The van der Waals surface area contributed by atoms with Crippen molar-refractivity contribution in [2.45, 2.75) is 25.9 Å². The highest BCUT2D eigenvalue weighted by Gasteiger charge is 2.25. The molecule has 5 nitrogen and oxygen atoms in total. The van der Waals surface area contributed by atoms with Crippen molar-refractivity contribution < 1.29 is 14.1 Å². The Morgan fingerprint density at radius 3 is 2.89 bits per heavy atom. The third-order valence-corrected chi connectivity index (χ3v) is 3.16. The molecule has 1 amide bonds. The van der Waals surface area contributed by atoms with E-state index in [-0.39, 0.29) is 12.0 Å². The lowest BCUT2D eigenvalue weighted by atomic mass is 10.1. The van der Waals surface area contributed by atoms with Crippen molar-refractivity contribution in [1.82, 2.24) is 10.1 Å². The Morgan fingerprint density at radius 1 is 1.61 bits per heavy atom. The molecule has 1 saturated heterocycles. The van der Waals surface area contributed by atoms with E-state index in [1.807, 2.05) is 0 Å². The topological polar surface area (TPSA) is 55.6 Å². The van der Waals surface area contributed by atoms with Crippen molar-refractivity contribution >= 4 is 17.5 Å². The highest BCUT2D eigenvalue weighted by molar-refractivity contribution is 6.17. The van der Waals surface area contributed by atoms with Crippen LogP contribution in [0.5, 0.6) is 0 Å². The Morgan fingerprint density at radius 2 is 2.33 bits per heavy atom. The van der Waals surface area contributed by atoms with E-state index in [2.05, 4.69) is 5.16 Å². The zero-order chi connectivity index (χ0) is 13.0. The van der Waals surface area contributed by atoms with Gasteiger partial charge in [0, 0.05) is 25.0 Å².